The molecule has 2 rings (SSSR count). The Kier molecular flexibility index (Phi) is 5.82. The van der Waals surface area contributed by atoms with Gasteiger partial charge in [-0.1, -0.05) is 11.6 Å². The molecule has 0 unspecified atom stereocenters. The predicted octanol–water partition coefficient (Wildman–Crippen LogP) is 3.74. The summed E-state index contributed by atoms with van der Waals surface area (Å²) < 4.78 is 63.5. The molecule has 140 valence electrons. The molecular formula is C16H14ClF3N2O3S. The molecule has 0 aromatic heterocycles. The van der Waals surface area contributed by atoms with Gasteiger partial charge in [-0.25, -0.2) is 8.42 Å². The van der Waals surface area contributed by atoms with E-state index < -0.39 is 28.7 Å². The van der Waals surface area contributed by atoms with Gasteiger partial charge in [0.25, 0.3) is 15.9 Å². The van der Waals surface area contributed by atoms with E-state index in [0.29, 0.717) is 16.3 Å². The van der Waals surface area contributed by atoms with E-state index in [1.54, 1.807) is 18.3 Å². The van der Waals surface area contributed by atoms with E-state index in [0.717, 1.165) is 24.3 Å². The average Bonchev–Trinajstić information content (AvgIpc) is 2.54. The van der Waals surface area contributed by atoms with Gasteiger partial charge >= 0.3 is 6.18 Å². The molecule has 1 amide bonds. The van der Waals surface area contributed by atoms with Gasteiger partial charge in [0, 0.05) is 10.6 Å². The zero-order valence-corrected chi connectivity index (χ0v) is 15.0. The summed E-state index contributed by atoms with van der Waals surface area (Å²) in [6.07, 6.45) is -4.53. The van der Waals surface area contributed by atoms with Crippen molar-refractivity contribution in [2.45, 2.75) is 18.0 Å². The number of alkyl halides is 3. The largest absolute Gasteiger partial charge is 0.405 e. The Bertz CT molecular complexity index is 913. The highest BCUT2D eigenvalue weighted by Crippen LogP contribution is 2.23. The third-order valence-corrected chi connectivity index (χ3v) is 4.93. The molecular weight excluding hydrogens is 393 g/mol. The van der Waals surface area contributed by atoms with Crippen LogP contribution in [0.15, 0.2) is 47.4 Å². The second-order valence-electron chi connectivity index (χ2n) is 5.39. The Morgan fingerprint density at radius 3 is 2.27 bits per heavy atom. The number of hydrogen-bond acceptors (Lipinski definition) is 3. The summed E-state index contributed by atoms with van der Waals surface area (Å²) in [5, 5.41) is 2.17. The number of aryl methyl sites for hydroxylation is 1. The molecule has 0 spiro atoms. The Morgan fingerprint density at radius 2 is 1.73 bits per heavy atom. The Morgan fingerprint density at radius 1 is 1.12 bits per heavy atom. The summed E-state index contributed by atoms with van der Waals surface area (Å²) in [5.41, 5.74) is 0.862. The summed E-state index contributed by atoms with van der Waals surface area (Å²) in [6.45, 7) is 0.209. The van der Waals surface area contributed by atoms with Crippen LogP contribution in [0, 0.1) is 6.92 Å². The van der Waals surface area contributed by atoms with Crippen LogP contribution in [0.5, 0.6) is 0 Å². The van der Waals surface area contributed by atoms with E-state index in [4.69, 9.17) is 11.6 Å². The standard InChI is InChI=1S/C16H14ClF3N2O3S/c1-10-8-12(17)4-7-14(10)22-26(24,25)13-5-2-11(3-6-13)15(23)21-9-16(18,19)20/h2-8,22H,9H2,1H3,(H,21,23). The van der Waals surface area contributed by atoms with Crippen molar-refractivity contribution in [1.82, 2.24) is 5.32 Å². The Labute approximate surface area is 153 Å². The minimum absolute atomic E-state index is 0.0872. The van der Waals surface area contributed by atoms with E-state index in [1.165, 1.54) is 12.1 Å². The van der Waals surface area contributed by atoms with Gasteiger partial charge in [0.15, 0.2) is 0 Å². The van der Waals surface area contributed by atoms with Crippen LogP contribution in [-0.2, 0) is 10.0 Å². The van der Waals surface area contributed by atoms with Crippen LogP contribution in [-0.4, -0.2) is 27.0 Å². The highest BCUT2D eigenvalue weighted by atomic mass is 35.5. The monoisotopic (exact) mass is 406 g/mol. The summed E-state index contributed by atoms with van der Waals surface area (Å²) in [6, 6.07) is 9.16. The number of anilines is 1. The van der Waals surface area contributed by atoms with Crippen molar-refractivity contribution in [3.05, 3.63) is 58.6 Å². The molecule has 0 saturated heterocycles. The van der Waals surface area contributed by atoms with Crippen molar-refractivity contribution in [2.75, 3.05) is 11.3 Å². The molecule has 0 aliphatic rings. The molecule has 0 saturated carbocycles. The fraction of sp³-hybridized carbons (Fsp3) is 0.188. The van der Waals surface area contributed by atoms with E-state index in [-0.39, 0.29) is 10.5 Å². The third kappa shape index (κ3) is 5.37. The number of rotatable bonds is 5. The van der Waals surface area contributed by atoms with Crippen LogP contribution >= 0.6 is 11.6 Å². The molecule has 5 nitrogen and oxygen atoms in total. The lowest BCUT2D eigenvalue weighted by molar-refractivity contribution is -0.123. The normalized spacial score (nSPS) is 11.9. The maximum Gasteiger partial charge on any atom is 0.405 e. The van der Waals surface area contributed by atoms with Crippen LogP contribution in [0.3, 0.4) is 0 Å². The molecule has 2 N–H and O–H groups in total. The first-order valence-corrected chi connectivity index (χ1v) is 9.08. The smallest absolute Gasteiger partial charge is 0.343 e. The number of amides is 1. The summed E-state index contributed by atoms with van der Waals surface area (Å²) in [7, 11) is -3.93. The molecule has 2 aromatic carbocycles. The minimum atomic E-state index is -4.53. The van der Waals surface area contributed by atoms with Crippen LogP contribution in [0.1, 0.15) is 15.9 Å². The highest BCUT2D eigenvalue weighted by Gasteiger charge is 2.28. The molecule has 0 aliphatic heterocycles. The molecule has 0 heterocycles. The average molecular weight is 407 g/mol. The fourth-order valence-corrected chi connectivity index (χ4v) is 3.37. The van der Waals surface area contributed by atoms with Crippen LogP contribution in [0.25, 0.3) is 0 Å². The topological polar surface area (TPSA) is 75.3 Å². The minimum Gasteiger partial charge on any atom is -0.343 e. The number of nitrogens with one attached hydrogen (secondary N) is 2. The van der Waals surface area contributed by atoms with E-state index in [9.17, 15) is 26.4 Å². The van der Waals surface area contributed by atoms with Crippen LogP contribution < -0.4 is 10.0 Å². The molecule has 0 aliphatic carbocycles. The first kappa shape index (κ1) is 20.1. The first-order chi connectivity index (χ1) is 12.0. The van der Waals surface area contributed by atoms with Gasteiger partial charge in [0.2, 0.25) is 0 Å². The SMILES string of the molecule is Cc1cc(Cl)ccc1NS(=O)(=O)c1ccc(C(=O)NCC(F)(F)F)cc1. The van der Waals surface area contributed by atoms with E-state index >= 15 is 0 Å². The highest BCUT2D eigenvalue weighted by molar-refractivity contribution is 7.92. The summed E-state index contributed by atoms with van der Waals surface area (Å²) in [4.78, 5) is 11.5. The molecule has 0 bridgehead atoms. The Hall–Kier alpha value is -2.26. The van der Waals surface area contributed by atoms with Crippen molar-refractivity contribution in [2.24, 2.45) is 0 Å². The third-order valence-electron chi connectivity index (χ3n) is 3.31. The number of sulfonamides is 1. The Balaban J connectivity index is 2.14. The molecule has 26 heavy (non-hydrogen) atoms. The molecule has 0 radical (unpaired) electrons. The number of hydrogen-bond donors (Lipinski definition) is 2. The maximum absolute atomic E-state index is 12.4. The van der Waals surface area contributed by atoms with Crippen molar-refractivity contribution in [3.63, 3.8) is 0 Å². The molecule has 0 atom stereocenters. The first-order valence-electron chi connectivity index (χ1n) is 7.22. The zero-order valence-electron chi connectivity index (χ0n) is 13.4. The van der Waals surface area contributed by atoms with Crippen molar-refractivity contribution < 1.29 is 26.4 Å². The van der Waals surface area contributed by atoms with Gasteiger partial charge in [-0.15, -0.1) is 0 Å². The lowest BCUT2D eigenvalue weighted by Gasteiger charge is -2.12. The number of halogens is 4. The maximum atomic E-state index is 12.4. The lowest BCUT2D eigenvalue weighted by atomic mass is 10.2. The second-order valence-corrected chi connectivity index (χ2v) is 7.51. The van der Waals surface area contributed by atoms with Gasteiger partial charge in [-0.2, -0.15) is 13.2 Å². The predicted molar refractivity (Wildman–Crippen MR) is 91.8 cm³/mol. The zero-order chi connectivity index (χ0) is 19.5. The molecule has 0 fully saturated rings. The number of carbonyl (C=O) groups excluding carboxylic acids is 1. The van der Waals surface area contributed by atoms with Gasteiger partial charge in [0.1, 0.15) is 6.54 Å². The van der Waals surface area contributed by atoms with E-state index in [1.807, 2.05) is 0 Å². The van der Waals surface area contributed by atoms with E-state index in [2.05, 4.69) is 4.72 Å². The fourth-order valence-electron chi connectivity index (χ4n) is 2.01. The van der Waals surface area contributed by atoms with Gasteiger partial charge in [0.05, 0.1) is 10.6 Å². The number of carbonyl (C=O) groups is 1. The second kappa shape index (κ2) is 7.55. The lowest BCUT2D eigenvalue weighted by Crippen LogP contribution is -2.33. The summed E-state index contributed by atoms with van der Waals surface area (Å²) >= 11 is 5.82. The van der Waals surface area contributed by atoms with Crippen LogP contribution in [0.4, 0.5) is 18.9 Å². The molecule has 2 aromatic rings. The van der Waals surface area contributed by atoms with Gasteiger partial charge < -0.3 is 5.32 Å². The number of benzene rings is 2. The van der Waals surface area contributed by atoms with Crippen molar-refractivity contribution in [3.8, 4) is 0 Å². The molecule has 10 heteroatoms. The van der Waals surface area contributed by atoms with Gasteiger partial charge in [-0.3, -0.25) is 9.52 Å². The van der Waals surface area contributed by atoms with Crippen molar-refractivity contribution >= 4 is 33.2 Å². The quantitative estimate of drug-likeness (QED) is 0.794. The van der Waals surface area contributed by atoms with Gasteiger partial charge in [-0.05, 0) is 55.0 Å². The summed E-state index contributed by atoms with van der Waals surface area (Å²) in [5.74, 6) is -0.951. The van der Waals surface area contributed by atoms with Crippen LogP contribution in [0.2, 0.25) is 5.02 Å². The van der Waals surface area contributed by atoms with Crippen molar-refractivity contribution in [1.29, 1.82) is 0 Å².